The lowest BCUT2D eigenvalue weighted by Gasteiger charge is -2.41. The largest absolute Gasteiger partial charge is 0.300 e. The Morgan fingerprint density at radius 2 is 2.14 bits per heavy atom. The number of nitrogens with zero attached hydrogens (tertiary/aromatic N) is 1. The number of hydrogen-bond donors (Lipinski definition) is 0. The van der Waals surface area contributed by atoms with Crippen LogP contribution < -0.4 is 0 Å². The van der Waals surface area contributed by atoms with Crippen LogP contribution in [0.2, 0.25) is 0 Å². The number of halogens is 1. The first-order valence-electron chi connectivity index (χ1n) is 5.29. The summed E-state index contributed by atoms with van der Waals surface area (Å²) < 4.78 is 13.2. The van der Waals surface area contributed by atoms with Crippen LogP contribution in [0, 0.1) is 5.92 Å². The van der Waals surface area contributed by atoms with Gasteiger partial charge in [-0.15, -0.1) is 0 Å². The zero-order chi connectivity index (χ0) is 10.8. The Balaban J connectivity index is 2.56. The Morgan fingerprint density at radius 1 is 1.50 bits per heavy atom. The molecule has 0 amide bonds. The van der Waals surface area contributed by atoms with Crippen LogP contribution in [0.1, 0.15) is 33.6 Å². The van der Waals surface area contributed by atoms with Crippen LogP contribution in [0.5, 0.6) is 0 Å². The first-order valence-corrected chi connectivity index (χ1v) is 5.29. The highest BCUT2D eigenvalue weighted by molar-refractivity contribution is 5.56. The summed E-state index contributed by atoms with van der Waals surface area (Å²) in [5.41, 5.74) is 0.0846. The number of carbonyl (C=O) groups excluding carboxylic acids is 1. The van der Waals surface area contributed by atoms with E-state index in [9.17, 15) is 9.18 Å². The number of piperidine rings is 1. The molecule has 2 unspecified atom stereocenters. The van der Waals surface area contributed by atoms with Crippen molar-refractivity contribution in [3.8, 4) is 0 Å². The second kappa shape index (κ2) is 4.39. The molecule has 0 radical (unpaired) electrons. The van der Waals surface area contributed by atoms with Gasteiger partial charge in [0, 0.05) is 18.0 Å². The maximum absolute atomic E-state index is 13.2. The van der Waals surface area contributed by atoms with Crippen molar-refractivity contribution in [2.24, 2.45) is 5.92 Å². The minimum absolute atomic E-state index is 0.0846. The predicted octanol–water partition coefficient (Wildman–Crippen LogP) is 2.03. The summed E-state index contributed by atoms with van der Waals surface area (Å²) in [6.07, 6.45) is 1.000. The molecule has 0 bridgehead atoms. The highest BCUT2D eigenvalue weighted by atomic mass is 19.1. The fourth-order valence-electron chi connectivity index (χ4n) is 1.99. The molecule has 0 aromatic carbocycles. The molecule has 1 aliphatic heterocycles. The van der Waals surface area contributed by atoms with Gasteiger partial charge < -0.3 is 4.79 Å². The topological polar surface area (TPSA) is 20.3 Å². The second-order valence-corrected chi connectivity index (χ2v) is 5.10. The number of alkyl halides is 1. The summed E-state index contributed by atoms with van der Waals surface area (Å²) in [5, 5.41) is 0. The maximum Gasteiger partial charge on any atom is 0.159 e. The van der Waals surface area contributed by atoms with Crippen LogP contribution in [0.4, 0.5) is 4.39 Å². The number of rotatable bonds is 2. The van der Waals surface area contributed by atoms with Crippen LogP contribution in [0.3, 0.4) is 0 Å². The molecule has 0 aromatic rings. The van der Waals surface area contributed by atoms with E-state index in [4.69, 9.17) is 0 Å². The quantitative estimate of drug-likeness (QED) is 0.637. The predicted molar refractivity (Wildman–Crippen MR) is 55.0 cm³/mol. The Hall–Kier alpha value is -0.440. The lowest BCUT2D eigenvalue weighted by Crippen LogP contribution is -2.49. The number of likely N-dealkylation sites (tertiary alicyclic amines) is 1. The molecule has 1 saturated heterocycles. The van der Waals surface area contributed by atoms with Gasteiger partial charge in [-0.25, -0.2) is 4.39 Å². The summed E-state index contributed by atoms with van der Waals surface area (Å²) in [7, 11) is 0. The van der Waals surface area contributed by atoms with Crippen molar-refractivity contribution >= 4 is 6.29 Å². The molecular formula is C11H20FNO. The summed E-state index contributed by atoms with van der Waals surface area (Å²) in [4.78, 5) is 12.6. The molecule has 3 heteroatoms. The number of hydrogen-bond acceptors (Lipinski definition) is 2. The van der Waals surface area contributed by atoms with E-state index in [1.165, 1.54) is 0 Å². The monoisotopic (exact) mass is 201 g/mol. The van der Waals surface area contributed by atoms with Gasteiger partial charge in [0.2, 0.25) is 0 Å². The van der Waals surface area contributed by atoms with Gasteiger partial charge in [-0.3, -0.25) is 4.90 Å². The van der Waals surface area contributed by atoms with Crippen LogP contribution in [-0.4, -0.2) is 36.0 Å². The molecule has 0 aliphatic carbocycles. The molecular weight excluding hydrogens is 181 g/mol. The Bertz CT molecular complexity index is 200. The van der Waals surface area contributed by atoms with Gasteiger partial charge in [-0.05, 0) is 40.2 Å². The first-order chi connectivity index (χ1) is 6.45. The van der Waals surface area contributed by atoms with Gasteiger partial charge in [0.15, 0.2) is 12.5 Å². The lowest BCUT2D eigenvalue weighted by molar-refractivity contribution is -0.114. The van der Waals surface area contributed by atoms with Crippen molar-refractivity contribution in [3.05, 3.63) is 0 Å². The van der Waals surface area contributed by atoms with Gasteiger partial charge in [0.1, 0.15) is 0 Å². The van der Waals surface area contributed by atoms with Gasteiger partial charge in [-0.1, -0.05) is 0 Å². The van der Waals surface area contributed by atoms with E-state index in [1.807, 2.05) is 0 Å². The van der Waals surface area contributed by atoms with E-state index in [0.29, 0.717) is 12.8 Å². The molecule has 0 aromatic heterocycles. The van der Waals surface area contributed by atoms with E-state index in [1.54, 1.807) is 0 Å². The summed E-state index contributed by atoms with van der Waals surface area (Å²) in [5.74, 6) is -0.0968. The third-order valence-electron chi connectivity index (χ3n) is 2.99. The Labute approximate surface area is 85.5 Å². The zero-order valence-corrected chi connectivity index (χ0v) is 9.29. The van der Waals surface area contributed by atoms with E-state index >= 15 is 0 Å². The molecule has 82 valence electrons. The SMILES string of the molecule is CC(C)(C)N1CCCC(C(F)C=O)C1. The molecule has 0 N–H and O–H groups in total. The Kier molecular flexibility index (Phi) is 3.65. The van der Waals surface area contributed by atoms with Crippen molar-refractivity contribution in [2.75, 3.05) is 13.1 Å². The fourth-order valence-corrected chi connectivity index (χ4v) is 1.99. The van der Waals surface area contributed by atoms with Gasteiger partial charge in [0.25, 0.3) is 0 Å². The van der Waals surface area contributed by atoms with Gasteiger partial charge in [0.05, 0.1) is 0 Å². The van der Waals surface area contributed by atoms with Gasteiger partial charge in [-0.2, -0.15) is 0 Å². The number of carbonyl (C=O) groups is 1. The van der Waals surface area contributed by atoms with E-state index < -0.39 is 6.17 Å². The molecule has 2 atom stereocenters. The average Bonchev–Trinajstić information content (AvgIpc) is 2.15. The molecule has 1 aliphatic rings. The molecule has 1 fully saturated rings. The average molecular weight is 201 g/mol. The molecule has 1 heterocycles. The maximum atomic E-state index is 13.2. The van der Waals surface area contributed by atoms with Crippen molar-refractivity contribution in [3.63, 3.8) is 0 Å². The molecule has 1 rings (SSSR count). The normalized spacial score (nSPS) is 27.3. The zero-order valence-electron chi connectivity index (χ0n) is 9.29. The smallest absolute Gasteiger partial charge is 0.159 e. The van der Waals surface area contributed by atoms with Crippen molar-refractivity contribution in [1.29, 1.82) is 0 Å². The minimum Gasteiger partial charge on any atom is -0.300 e. The fraction of sp³-hybridized carbons (Fsp3) is 0.909. The standard InChI is InChI=1S/C11H20FNO/c1-11(2,3)13-6-4-5-9(7-13)10(12)8-14/h8-10H,4-7H2,1-3H3. The third-order valence-corrected chi connectivity index (χ3v) is 2.99. The summed E-state index contributed by atoms with van der Waals surface area (Å²) in [6, 6.07) is 0. The van der Waals surface area contributed by atoms with Crippen molar-refractivity contribution < 1.29 is 9.18 Å². The van der Waals surface area contributed by atoms with Crippen LogP contribution >= 0.6 is 0 Å². The van der Waals surface area contributed by atoms with E-state index in [0.717, 1.165) is 19.4 Å². The molecule has 14 heavy (non-hydrogen) atoms. The summed E-state index contributed by atoms with van der Waals surface area (Å²) in [6.45, 7) is 8.12. The van der Waals surface area contributed by atoms with E-state index in [2.05, 4.69) is 25.7 Å². The first kappa shape index (κ1) is 11.6. The highest BCUT2D eigenvalue weighted by Gasteiger charge is 2.31. The third kappa shape index (κ3) is 2.77. The lowest BCUT2D eigenvalue weighted by atomic mass is 9.90. The van der Waals surface area contributed by atoms with Crippen molar-refractivity contribution in [1.82, 2.24) is 4.90 Å². The van der Waals surface area contributed by atoms with Crippen LogP contribution in [-0.2, 0) is 4.79 Å². The minimum atomic E-state index is -1.28. The summed E-state index contributed by atoms with van der Waals surface area (Å²) >= 11 is 0. The Morgan fingerprint density at radius 3 is 2.64 bits per heavy atom. The number of aldehydes is 1. The molecule has 0 saturated carbocycles. The highest BCUT2D eigenvalue weighted by Crippen LogP contribution is 2.26. The second-order valence-electron chi connectivity index (χ2n) is 5.10. The molecule has 2 nitrogen and oxygen atoms in total. The van der Waals surface area contributed by atoms with Crippen molar-refractivity contribution in [2.45, 2.75) is 45.3 Å². The van der Waals surface area contributed by atoms with Gasteiger partial charge >= 0.3 is 0 Å². The van der Waals surface area contributed by atoms with E-state index in [-0.39, 0.29) is 11.5 Å². The molecule has 0 spiro atoms. The van der Waals surface area contributed by atoms with Crippen LogP contribution in [0.25, 0.3) is 0 Å². The van der Waals surface area contributed by atoms with Crippen LogP contribution in [0.15, 0.2) is 0 Å².